The number of likely N-dealkylation sites (tertiary alicyclic amines) is 1. The minimum Gasteiger partial charge on any atom is -0.385 e. The molecule has 1 aromatic rings. The largest absolute Gasteiger partial charge is 0.385 e. The van der Waals surface area contributed by atoms with Gasteiger partial charge in [0, 0.05) is 39.1 Å². The van der Waals surface area contributed by atoms with Crippen molar-refractivity contribution in [2.45, 2.75) is 82.7 Å². The van der Waals surface area contributed by atoms with Crippen molar-refractivity contribution in [3.05, 3.63) is 35.9 Å². The van der Waals surface area contributed by atoms with Crippen LogP contribution in [-0.4, -0.2) is 51.2 Å². The van der Waals surface area contributed by atoms with E-state index in [0.29, 0.717) is 31.9 Å². The average Bonchev–Trinajstić information content (AvgIpc) is 2.88. The lowest BCUT2D eigenvalue weighted by atomic mass is 9.75. The Morgan fingerprint density at radius 1 is 1.15 bits per heavy atom. The quantitative estimate of drug-likeness (QED) is 0.351. The van der Waals surface area contributed by atoms with Crippen LogP contribution in [0.5, 0.6) is 0 Å². The van der Waals surface area contributed by atoms with Crippen molar-refractivity contribution < 1.29 is 13.9 Å². The first-order valence-electron chi connectivity index (χ1n) is 13.7. The summed E-state index contributed by atoms with van der Waals surface area (Å²) in [6, 6.07) is 9.64. The summed E-state index contributed by atoms with van der Waals surface area (Å²) < 4.78 is 22.0. The van der Waals surface area contributed by atoms with Crippen molar-refractivity contribution in [3.63, 3.8) is 0 Å². The maximum absolute atomic E-state index is 16.8. The Balaban J connectivity index is 1.64. The first-order valence-corrected chi connectivity index (χ1v) is 13.7. The zero-order valence-corrected chi connectivity index (χ0v) is 21.6. The molecule has 1 aromatic carbocycles. The van der Waals surface area contributed by atoms with Crippen molar-refractivity contribution in [1.29, 1.82) is 0 Å². The molecule has 1 aliphatic carbocycles. The van der Waals surface area contributed by atoms with Crippen molar-refractivity contribution >= 4 is 5.91 Å². The Hall–Kier alpha value is -1.46. The third kappa shape index (κ3) is 7.78. The van der Waals surface area contributed by atoms with Gasteiger partial charge < -0.3 is 15.0 Å². The maximum Gasteiger partial charge on any atom is 0.222 e. The predicted octanol–water partition coefficient (Wildman–Crippen LogP) is 6.10. The number of amides is 1. The molecule has 1 unspecified atom stereocenters. The predicted molar refractivity (Wildman–Crippen MR) is 137 cm³/mol. The normalized spacial score (nSPS) is 22.3. The van der Waals surface area contributed by atoms with Gasteiger partial charge in [-0.3, -0.25) is 4.79 Å². The molecule has 4 nitrogen and oxygen atoms in total. The van der Waals surface area contributed by atoms with E-state index in [2.05, 4.69) is 5.32 Å². The molecule has 0 bridgehead atoms. The van der Waals surface area contributed by atoms with Crippen LogP contribution in [0.4, 0.5) is 4.39 Å². The lowest BCUT2D eigenvalue weighted by Crippen LogP contribution is -2.47. The maximum atomic E-state index is 16.8. The molecule has 0 radical (unpaired) electrons. The fourth-order valence-corrected chi connectivity index (χ4v) is 6.30. The first kappa shape index (κ1) is 27.1. The van der Waals surface area contributed by atoms with E-state index in [9.17, 15) is 4.79 Å². The summed E-state index contributed by atoms with van der Waals surface area (Å²) >= 11 is 0. The van der Waals surface area contributed by atoms with Crippen LogP contribution in [0.2, 0.25) is 0 Å². The van der Waals surface area contributed by atoms with Crippen LogP contribution in [0, 0.1) is 17.8 Å². The molecule has 0 spiro atoms. The zero-order chi connectivity index (χ0) is 24.2. The van der Waals surface area contributed by atoms with E-state index in [1.807, 2.05) is 42.3 Å². The Morgan fingerprint density at radius 2 is 1.91 bits per heavy atom. The van der Waals surface area contributed by atoms with Crippen molar-refractivity contribution in [3.8, 4) is 0 Å². The van der Waals surface area contributed by atoms with Gasteiger partial charge in [0.1, 0.15) is 5.67 Å². The number of benzene rings is 1. The number of carbonyl (C=O) groups excluding carboxylic acids is 1. The molecular weight excluding hydrogens is 427 g/mol. The molecule has 1 aliphatic heterocycles. The van der Waals surface area contributed by atoms with E-state index in [1.165, 1.54) is 32.1 Å². The number of ether oxygens (including phenoxy) is 1. The topological polar surface area (TPSA) is 41.6 Å². The van der Waals surface area contributed by atoms with Gasteiger partial charge in [0.05, 0.1) is 0 Å². The highest BCUT2D eigenvalue weighted by Gasteiger charge is 2.43. The number of piperidine rings is 1. The first-order chi connectivity index (χ1) is 16.6. The molecule has 1 N–H and O–H groups in total. The minimum absolute atomic E-state index is 0.156. The zero-order valence-electron chi connectivity index (χ0n) is 21.6. The minimum atomic E-state index is -1.40. The summed E-state index contributed by atoms with van der Waals surface area (Å²) in [6.07, 6.45) is 12.2. The van der Waals surface area contributed by atoms with Crippen LogP contribution in [0.1, 0.15) is 82.6 Å². The molecule has 2 aliphatic rings. The van der Waals surface area contributed by atoms with Gasteiger partial charge in [0.2, 0.25) is 5.91 Å². The monoisotopic (exact) mass is 474 g/mol. The van der Waals surface area contributed by atoms with Crippen LogP contribution in [-0.2, 0) is 15.2 Å². The summed E-state index contributed by atoms with van der Waals surface area (Å²) in [6.45, 7) is 2.84. The second-order valence-corrected chi connectivity index (χ2v) is 10.7. The molecule has 3 rings (SSSR count). The van der Waals surface area contributed by atoms with E-state index in [0.717, 1.165) is 56.7 Å². The number of halogens is 1. The summed E-state index contributed by atoms with van der Waals surface area (Å²) in [5.41, 5.74) is -0.641. The smallest absolute Gasteiger partial charge is 0.222 e. The van der Waals surface area contributed by atoms with Crippen molar-refractivity contribution in [1.82, 2.24) is 10.2 Å². The Kier molecular flexibility index (Phi) is 11.3. The molecule has 34 heavy (non-hydrogen) atoms. The summed E-state index contributed by atoms with van der Waals surface area (Å²) in [7, 11) is 3.68. The van der Waals surface area contributed by atoms with Crippen LogP contribution in [0.25, 0.3) is 0 Å². The van der Waals surface area contributed by atoms with E-state index in [1.54, 1.807) is 7.11 Å². The van der Waals surface area contributed by atoms with Crippen molar-refractivity contribution in [2.75, 3.05) is 40.4 Å². The summed E-state index contributed by atoms with van der Waals surface area (Å²) in [4.78, 5) is 15.4. The van der Waals surface area contributed by atoms with Gasteiger partial charge in [-0.1, -0.05) is 62.4 Å². The molecule has 192 valence electrons. The third-order valence-corrected chi connectivity index (χ3v) is 8.16. The second-order valence-electron chi connectivity index (χ2n) is 10.7. The van der Waals surface area contributed by atoms with Gasteiger partial charge >= 0.3 is 0 Å². The van der Waals surface area contributed by atoms with E-state index in [4.69, 9.17) is 4.74 Å². The van der Waals surface area contributed by atoms with Crippen LogP contribution >= 0.6 is 0 Å². The molecule has 5 heteroatoms. The molecule has 0 aromatic heterocycles. The number of hydrogen-bond acceptors (Lipinski definition) is 3. The number of alkyl halides is 1. The Bertz CT molecular complexity index is 709. The number of nitrogens with zero attached hydrogens (tertiary/aromatic N) is 1. The lowest BCUT2D eigenvalue weighted by Gasteiger charge is -2.41. The molecule has 1 amide bonds. The molecule has 2 fully saturated rings. The van der Waals surface area contributed by atoms with Crippen LogP contribution < -0.4 is 5.32 Å². The highest BCUT2D eigenvalue weighted by Crippen LogP contribution is 2.43. The molecular formula is C29H47FN2O2. The second kappa shape index (κ2) is 14.2. The standard InChI is InChI=1S/C29H47FN2O2/c1-31-22-25(20-24-12-5-3-6-13-24)21-28(33)32-18-11-16-27(23-32)29(30,17-9-10-19-34-2)26-14-7-4-8-15-26/h4,7-8,14-15,24-25,27,31H,3,5-6,9-13,16-23H2,1-2H3/t25-,27-,29?/m1/s1. The average molecular weight is 475 g/mol. The van der Waals surface area contributed by atoms with Gasteiger partial charge in [-0.25, -0.2) is 4.39 Å². The van der Waals surface area contributed by atoms with Gasteiger partial charge in [-0.05, 0) is 69.5 Å². The van der Waals surface area contributed by atoms with E-state index in [-0.39, 0.29) is 11.8 Å². The molecule has 3 atom stereocenters. The fourth-order valence-electron chi connectivity index (χ4n) is 6.30. The summed E-state index contributed by atoms with van der Waals surface area (Å²) in [5, 5.41) is 3.31. The SMILES string of the molecule is CNC[C@@H](CC(=O)N1CCC[C@@H](C(F)(CCCCOC)c2ccccc2)C1)CC1CCCCC1. The number of methoxy groups -OCH3 is 1. The van der Waals surface area contributed by atoms with Crippen LogP contribution in [0.15, 0.2) is 30.3 Å². The van der Waals surface area contributed by atoms with Gasteiger partial charge in [-0.15, -0.1) is 0 Å². The highest BCUT2D eigenvalue weighted by molar-refractivity contribution is 5.76. The molecule has 1 saturated carbocycles. The molecule has 1 heterocycles. The number of rotatable bonds is 13. The number of nitrogens with one attached hydrogen (secondary N) is 1. The van der Waals surface area contributed by atoms with E-state index < -0.39 is 5.67 Å². The number of unbranched alkanes of at least 4 members (excludes halogenated alkanes) is 1. The Morgan fingerprint density at radius 3 is 2.62 bits per heavy atom. The van der Waals surface area contributed by atoms with Crippen molar-refractivity contribution in [2.24, 2.45) is 17.8 Å². The van der Waals surface area contributed by atoms with Gasteiger partial charge in [-0.2, -0.15) is 0 Å². The fraction of sp³-hybridized carbons (Fsp3) is 0.759. The third-order valence-electron chi connectivity index (χ3n) is 8.16. The lowest BCUT2D eigenvalue weighted by molar-refractivity contribution is -0.135. The highest BCUT2D eigenvalue weighted by atomic mass is 19.1. The number of carbonyl (C=O) groups is 1. The Labute approximate surface area is 207 Å². The van der Waals surface area contributed by atoms with Crippen LogP contribution in [0.3, 0.4) is 0 Å². The number of hydrogen-bond donors (Lipinski definition) is 1. The summed E-state index contributed by atoms with van der Waals surface area (Å²) in [5.74, 6) is 1.20. The van der Waals surface area contributed by atoms with E-state index >= 15 is 4.39 Å². The van der Waals surface area contributed by atoms with Gasteiger partial charge in [0.25, 0.3) is 0 Å². The molecule has 1 saturated heterocycles. The van der Waals surface area contributed by atoms with Gasteiger partial charge in [0.15, 0.2) is 0 Å².